The number of rotatable bonds is 4. The lowest BCUT2D eigenvalue weighted by atomic mass is 10.2. The van der Waals surface area contributed by atoms with E-state index in [4.69, 9.17) is 14.7 Å². The predicted molar refractivity (Wildman–Crippen MR) is 99.3 cm³/mol. The maximum atomic E-state index is 5.88. The highest BCUT2D eigenvalue weighted by Crippen LogP contribution is 2.29. The van der Waals surface area contributed by atoms with Crippen molar-refractivity contribution >= 4 is 21.7 Å². The van der Waals surface area contributed by atoms with Gasteiger partial charge in [-0.05, 0) is 35.3 Å². The zero-order valence-corrected chi connectivity index (χ0v) is 16.0. The number of aromatic nitrogens is 2. The van der Waals surface area contributed by atoms with Crippen molar-refractivity contribution in [3.63, 3.8) is 0 Å². The lowest BCUT2D eigenvalue weighted by Crippen LogP contribution is -2.27. The zero-order valence-electron chi connectivity index (χ0n) is 14.4. The van der Waals surface area contributed by atoms with Crippen molar-refractivity contribution in [3.05, 3.63) is 46.2 Å². The number of hydrogen-bond acceptors (Lipinski definition) is 5. The molecule has 0 amide bonds. The van der Waals surface area contributed by atoms with E-state index < -0.39 is 0 Å². The fourth-order valence-electron chi connectivity index (χ4n) is 2.65. The molecule has 6 heteroatoms. The first kappa shape index (κ1) is 17.2. The monoisotopic (exact) mass is 390 g/mol. The van der Waals surface area contributed by atoms with Crippen molar-refractivity contribution in [1.29, 1.82) is 0 Å². The quantitative estimate of drug-likeness (QED) is 0.798. The molecule has 0 fully saturated rings. The lowest BCUT2D eigenvalue weighted by molar-refractivity contribution is 0.217. The fraction of sp³-hybridized carbons (Fsp3) is 0.444. The van der Waals surface area contributed by atoms with E-state index >= 15 is 0 Å². The predicted octanol–water partition coefficient (Wildman–Crippen LogP) is 3.48. The average molecular weight is 391 g/mol. The van der Waals surface area contributed by atoms with Gasteiger partial charge in [0.1, 0.15) is 16.9 Å². The summed E-state index contributed by atoms with van der Waals surface area (Å²) in [7, 11) is 2.02. The number of anilines is 1. The maximum absolute atomic E-state index is 5.88. The Morgan fingerprint density at radius 2 is 2.00 bits per heavy atom. The molecule has 128 valence electrons. The van der Waals surface area contributed by atoms with E-state index in [0.29, 0.717) is 18.5 Å². The van der Waals surface area contributed by atoms with Crippen molar-refractivity contribution in [3.8, 4) is 5.88 Å². The van der Waals surface area contributed by atoms with E-state index in [0.717, 1.165) is 35.7 Å². The van der Waals surface area contributed by atoms with Crippen molar-refractivity contribution in [2.45, 2.75) is 33.0 Å². The summed E-state index contributed by atoms with van der Waals surface area (Å²) in [5.74, 6) is 1.47. The molecule has 0 N–H and O–H groups in total. The van der Waals surface area contributed by atoms with Crippen LogP contribution in [-0.4, -0.2) is 41.1 Å². The van der Waals surface area contributed by atoms with Crippen LogP contribution in [-0.2, 0) is 13.1 Å². The molecule has 0 saturated carbocycles. The van der Waals surface area contributed by atoms with Gasteiger partial charge in [-0.25, -0.2) is 4.98 Å². The molecule has 3 rings (SSSR count). The van der Waals surface area contributed by atoms with Gasteiger partial charge in [-0.1, -0.05) is 30.3 Å². The summed E-state index contributed by atoms with van der Waals surface area (Å²) in [6.07, 6.45) is 0. The van der Waals surface area contributed by atoms with Gasteiger partial charge in [-0.3, -0.25) is 4.90 Å². The maximum Gasteiger partial charge on any atom is 0.239 e. The molecule has 1 aromatic carbocycles. The molecule has 0 aliphatic carbocycles. The van der Waals surface area contributed by atoms with Gasteiger partial charge in [0.25, 0.3) is 0 Å². The van der Waals surface area contributed by atoms with Gasteiger partial charge < -0.3 is 9.64 Å². The number of benzene rings is 1. The van der Waals surface area contributed by atoms with Gasteiger partial charge in [0.15, 0.2) is 5.82 Å². The van der Waals surface area contributed by atoms with Gasteiger partial charge in [0, 0.05) is 32.7 Å². The highest BCUT2D eigenvalue weighted by molar-refractivity contribution is 9.10. The van der Waals surface area contributed by atoms with Crippen LogP contribution in [0.15, 0.2) is 34.9 Å². The zero-order chi connectivity index (χ0) is 17.1. The number of fused-ring (bicyclic) bond motifs is 1. The SMILES string of the molecule is CC(C)N(C)c1nc2c(nc1Br)CN(Cc1ccccc1)CCO2. The minimum absolute atomic E-state index is 0.342. The van der Waals surface area contributed by atoms with Crippen molar-refractivity contribution in [2.75, 3.05) is 25.1 Å². The second-order valence-electron chi connectivity index (χ2n) is 6.34. The molecule has 0 radical (unpaired) electrons. The van der Waals surface area contributed by atoms with E-state index in [-0.39, 0.29) is 0 Å². The molecule has 5 nitrogen and oxygen atoms in total. The van der Waals surface area contributed by atoms with Crippen LogP contribution in [0.3, 0.4) is 0 Å². The molecule has 0 bridgehead atoms. The van der Waals surface area contributed by atoms with Crippen LogP contribution in [0.25, 0.3) is 0 Å². The second-order valence-corrected chi connectivity index (χ2v) is 7.09. The van der Waals surface area contributed by atoms with Crippen LogP contribution in [0.1, 0.15) is 25.1 Å². The van der Waals surface area contributed by atoms with E-state index in [1.54, 1.807) is 0 Å². The Balaban J connectivity index is 1.82. The number of halogens is 1. The minimum Gasteiger partial charge on any atom is -0.475 e. The van der Waals surface area contributed by atoms with Crippen LogP contribution in [0, 0.1) is 0 Å². The third-order valence-corrected chi connectivity index (χ3v) is 4.78. The first-order valence-corrected chi connectivity index (χ1v) is 9.02. The van der Waals surface area contributed by atoms with Crippen molar-refractivity contribution in [1.82, 2.24) is 14.9 Å². The van der Waals surface area contributed by atoms with Crippen LogP contribution in [0.5, 0.6) is 5.88 Å². The number of ether oxygens (including phenoxy) is 1. The van der Waals surface area contributed by atoms with Crippen LogP contribution < -0.4 is 9.64 Å². The standard InChI is InChI=1S/C18H23BrN4O/c1-13(2)22(3)17-16(19)20-15-12-23(9-10-24-18(15)21-17)11-14-7-5-4-6-8-14/h4-8,13H,9-12H2,1-3H3. The van der Waals surface area contributed by atoms with E-state index in [2.05, 4.69) is 63.8 Å². The van der Waals surface area contributed by atoms with Crippen LogP contribution in [0.2, 0.25) is 0 Å². The third kappa shape index (κ3) is 3.87. The summed E-state index contributed by atoms with van der Waals surface area (Å²) in [4.78, 5) is 13.8. The highest BCUT2D eigenvalue weighted by Gasteiger charge is 2.22. The molecule has 0 spiro atoms. The van der Waals surface area contributed by atoms with Crippen LogP contribution in [0.4, 0.5) is 5.82 Å². The van der Waals surface area contributed by atoms with Gasteiger partial charge in [0.2, 0.25) is 5.88 Å². The summed E-state index contributed by atoms with van der Waals surface area (Å²) in [5.41, 5.74) is 2.18. The molecule has 2 aromatic rings. The van der Waals surface area contributed by atoms with E-state index in [1.165, 1.54) is 5.56 Å². The molecule has 0 unspecified atom stereocenters. The molecule has 1 aliphatic rings. The first-order chi connectivity index (χ1) is 11.5. The Bertz CT molecular complexity index is 693. The summed E-state index contributed by atoms with van der Waals surface area (Å²) in [6.45, 7) is 7.36. The fourth-order valence-corrected chi connectivity index (χ4v) is 3.23. The Morgan fingerprint density at radius 1 is 1.25 bits per heavy atom. The highest BCUT2D eigenvalue weighted by atomic mass is 79.9. The summed E-state index contributed by atoms with van der Waals surface area (Å²) in [5, 5.41) is 0. The van der Waals surface area contributed by atoms with Gasteiger partial charge >= 0.3 is 0 Å². The van der Waals surface area contributed by atoms with E-state index in [1.807, 2.05) is 13.1 Å². The topological polar surface area (TPSA) is 41.5 Å². The van der Waals surface area contributed by atoms with Crippen LogP contribution >= 0.6 is 15.9 Å². The summed E-state index contributed by atoms with van der Waals surface area (Å²) < 4.78 is 6.65. The first-order valence-electron chi connectivity index (χ1n) is 8.23. The molecule has 1 aliphatic heterocycles. The molecular weight excluding hydrogens is 368 g/mol. The molecule has 0 saturated heterocycles. The lowest BCUT2D eigenvalue weighted by Gasteiger charge is -2.24. The van der Waals surface area contributed by atoms with Gasteiger partial charge in [-0.2, -0.15) is 4.98 Å². The molecular formula is C18H23BrN4O. The normalized spacial score (nSPS) is 14.9. The van der Waals surface area contributed by atoms with Gasteiger partial charge in [-0.15, -0.1) is 0 Å². The third-order valence-electron chi connectivity index (χ3n) is 4.25. The minimum atomic E-state index is 0.342. The van der Waals surface area contributed by atoms with Crippen molar-refractivity contribution < 1.29 is 4.74 Å². The molecule has 24 heavy (non-hydrogen) atoms. The van der Waals surface area contributed by atoms with Crippen molar-refractivity contribution in [2.24, 2.45) is 0 Å². The number of nitrogens with zero attached hydrogens (tertiary/aromatic N) is 4. The van der Waals surface area contributed by atoms with E-state index in [9.17, 15) is 0 Å². The molecule has 2 heterocycles. The number of hydrogen-bond donors (Lipinski definition) is 0. The smallest absolute Gasteiger partial charge is 0.239 e. The summed E-state index contributed by atoms with van der Waals surface area (Å²) >= 11 is 3.57. The largest absolute Gasteiger partial charge is 0.475 e. The summed E-state index contributed by atoms with van der Waals surface area (Å²) in [6, 6.07) is 10.8. The molecule has 0 atom stereocenters. The Kier molecular flexibility index (Phi) is 5.36. The molecule has 1 aromatic heterocycles. The Morgan fingerprint density at radius 3 is 2.71 bits per heavy atom. The second kappa shape index (κ2) is 7.49. The van der Waals surface area contributed by atoms with Gasteiger partial charge in [0.05, 0.1) is 0 Å². The average Bonchev–Trinajstić information content (AvgIpc) is 2.75. The Hall–Kier alpha value is -1.66. The Labute approximate surface area is 151 Å².